The molecule has 0 aliphatic heterocycles. The van der Waals surface area contributed by atoms with Crippen molar-refractivity contribution in [1.29, 1.82) is 0 Å². The van der Waals surface area contributed by atoms with Gasteiger partial charge in [-0.3, -0.25) is 0 Å². The minimum absolute atomic E-state index is 0.376. The van der Waals surface area contributed by atoms with Crippen LogP contribution >= 0.6 is 0 Å². The van der Waals surface area contributed by atoms with Crippen molar-refractivity contribution in [2.24, 2.45) is 5.92 Å². The maximum Gasteiger partial charge on any atom is 0.0897 e. The lowest BCUT2D eigenvalue weighted by atomic mass is 10.3. The standard InChI is InChI=1S/C11H21NO2/c1-2-3-6-12-7-11(13)9-14-8-10-4-5-10/h2,10-13H,1,3-9H2. The summed E-state index contributed by atoms with van der Waals surface area (Å²) < 4.78 is 5.37. The molecule has 0 saturated heterocycles. The van der Waals surface area contributed by atoms with Crippen molar-refractivity contribution in [1.82, 2.24) is 5.32 Å². The van der Waals surface area contributed by atoms with Crippen molar-refractivity contribution in [3.63, 3.8) is 0 Å². The summed E-state index contributed by atoms with van der Waals surface area (Å²) in [5, 5.41) is 12.6. The number of hydrogen-bond donors (Lipinski definition) is 2. The van der Waals surface area contributed by atoms with Gasteiger partial charge in [0, 0.05) is 13.2 Å². The first-order chi connectivity index (χ1) is 6.83. The minimum atomic E-state index is -0.376. The van der Waals surface area contributed by atoms with E-state index < -0.39 is 0 Å². The number of hydrogen-bond acceptors (Lipinski definition) is 3. The Morgan fingerprint density at radius 1 is 1.57 bits per heavy atom. The molecule has 2 N–H and O–H groups in total. The van der Waals surface area contributed by atoms with Gasteiger partial charge in [-0.25, -0.2) is 0 Å². The number of aliphatic hydroxyl groups is 1. The molecule has 0 spiro atoms. The van der Waals surface area contributed by atoms with E-state index in [1.807, 2.05) is 6.08 Å². The Labute approximate surface area is 86.2 Å². The van der Waals surface area contributed by atoms with E-state index >= 15 is 0 Å². The summed E-state index contributed by atoms with van der Waals surface area (Å²) in [6.07, 6.45) is 5.03. The summed E-state index contributed by atoms with van der Waals surface area (Å²) in [4.78, 5) is 0. The lowest BCUT2D eigenvalue weighted by Gasteiger charge is -2.11. The average molecular weight is 199 g/mol. The van der Waals surface area contributed by atoms with Gasteiger partial charge in [-0.05, 0) is 31.7 Å². The molecule has 0 aromatic carbocycles. The fourth-order valence-electron chi connectivity index (χ4n) is 1.19. The van der Waals surface area contributed by atoms with Gasteiger partial charge in [0.15, 0.2) is 0 Å². The smallest absolute Gasteiger partial charge is 0.0897 e. The zero-order chi connectivity index (χ0) is 10.2. The van der Waals surface area contributed by atoms with Crippen LogP contribution in [0.15, 0.2) is 12.7 Å². The first kappa shape index (κ1) is 11.7. The van der Waals surface area contributed by atoms with Gasteiger partial charge in [-0.2, -0.15) is 0 Å². The Morgan fingerprint density at radius 2 is 2.36 bits per heavy atom. The molecule has 0 radical (unpaired) electrons. The molecule has 1 aliphatic carbocycles. The molecule has 3 nitrogen and oxygen atoms in total. The third-order valence-electron chi connectivity index (χ3n) is 2.27. The van der Waals surface area contributed by atoms with Crippen LogP contribution < -0.4 is 5.32 Å². The topological polar surface area (TPSA) is 41.5 Å². The van der Waals surface area contributed by atoms with Crippen LogP contribution in [0.5, 0.6) is 0 Å². The van der Waals surface area contributed by atoms with Crippen LogP contribution in [0.1, 0.15) is 19.3 Å². The fourth-order valence-corrected chi connectivity index (χ4v) is 1.19. The quantitative estimate of drug-likeness (QED) is 0.429. The SMILES string of the molecule is C=CCCNCC(O)COCC1CC1. The largest absolute Gasteiger partial charge is 0.389 e. The second-order valence-corrected chi connectivity index (χ2v) is 3.92. The first-order valence-corrected chi connectivity index (χ1v) is 5.40. The number of rotatable bonds is 9. The van der Waals surface area contributed by atoms with E-state index in [1.54, 1.807) is 0 Å². The Bertz CT molecular complexity index is 157. The average Bonchev–Trinajstić information content (AvgIpc) is 2.96. The van der Waals surface area contributed by atoms with Gasteiger partial charge in [-0.1, -0.05) is 6.08 Å². The van der Waals surface area contributed by atoms with E-state index in [-0.39, 0.29) is 6.10 Å². The summed E-state index contributed by atoms with van der Waals surface area (Å²) in [6, 6.07) is 0. The van der Waals surface area contributed by atoms with Gasteiger partial charge in [0.2, 0.25) is 0 Å². The highest BCUT2D eigenvalue weighted by Gasteiger charge is 2.21. The summed E-state index contributed by atoms with van der Waals surface area (Å²) in [6.45, 7) is 6.39. The minimum Gasteiger partial charge on any atom is -0.389 e. The highest BCUT2D eigenvalue weighted by molar-refractivity contribution is 4.72. The predicted octanol–water partition coefficient (Wildman–Crippen LogP) is 0.940. The summed E-state index contributed by atoms with van der Waals surface area (Å²) in [5.74, 6) is 0.774. The summed E-state index contributed by atoms with van der Waals surface area (Å²) in [5.41, 5.74) is 0. The maximum absolute atomic E-state index is 9.47. The Hall–Kier alpha value is -0.380. The molecule has 3 heteroatoms. The predicted molar refractivity (Wildman–Crippen MR) is 57.2 cm³/mol. The van der Waals surface area contributed by atoms with E-state index in [0.717, 1.165) is 25.5 Å². The molecule has 0 heterocycles. The van der Waals surface area contributed by atoms with Crippen molar-refractivity contribution in [2.75, 3.05) is 26.3 Å². The number of nitrogens with one attached hydrogen (secondary N) is 1. The second kappa shape index (κ2) is 6.98. The van der Waals surface area contributed by atoms with Crippen LogP contribution in [0.4, 0.5) is 0 Å². The normalized spacial score (nSPS) is 18.1. The maximum atomic E-state index is 9.47. The molecule has 1 unspecified atom stereocenters. The molecule has 82 valence electrons. The molecule has 1 aliphatic rings. The van der Waals surface area contributed by atoms with Crippen LogP contribution in [0.25, 0.3) is 0 Å². The van der Waals surface area contributed by atoms with E-state index in [2.05, 4.69) is 11.9 Å². The number of aliphatic hydroxyl groups excluding tert-OH is 1. The Balaban J connectivity index is 1.81. The molecule has 0 aromatic heterocycles. The second-order valence-electron chi connectivity index (χ2n) is 3.92. The van der Waals surface area contributed by atoms with Crippen molar-refractivity contribution >= 4 is 0 Å². The Kier molecular flexibility index (Phi) is 5.83. The lowest BCUT2D eigenvalue weighted by molar-refractivity contribution is 0.0327. The zero-order valence-electron chi connectivity index (χ0n) is 8.74. The summed E-state index contributed by atoms with van der Waals surface area (Å²) in [7, 11) is 0. The zero-order valence-corrected chi connectivity index (χ0v) is 8.74. The van der Waals surface area contributed by atoms with E-state index in [9.17, 15) is 5.11 Å². The highest BCUT2D eigenvalue weighted by Crippen LogP contribution is 2.28. The third kappa shape index (κ3) is 6.13. The van der Waals surface area contributed by atoms with Crippen molar-refractivity contribution in [2.45, 2.75) is 25.4 Å². The van der Waals surface area contributed by atoms with Gasteiger partial charge < -0.3 is 15.2 Å². The monoisotopic (exact) mass is 199 g/mol. The molecule has 1 rings (SSSR count). The fraction of sp³-hybridized carbons (Fsp3) is 0.818. The van der Waals surface area contributed by atoms with Gasteiger partial charge in [0.25, 0.3) is 0 Å². The molecule has 1 atom stereocenters. The molecule has 1 fully saturated rings. The molecule has 0 bridgehead atoms. The van der Waals surface area contributed by atoms with Gasteiger partial charge in [-0.15, -0.1) is 6.58 Å². The van der Waals surface area contributed by atoms with E-state index in [0.29, 0.717) is 13.2 Å². The summed E-state index contributed by atoms with van der Waals surface area (Å²) >= 11 is 0. The van der Waals surface area contributed by atoms with Crippen LogP contribution in [0.2, 0.25) is 0 Å². The third-order valence-corrected chi connectivity index (χ3v) is 2.27. The molecule has 14 heavy (non-hydrogen) atoms. The lowest BCUT2D eigenvalue weighted by Crippen LogP contribution is -2.31. The van der Waals surface area contributed by atoms with E-state index in [1.165, 1.54) is 12.8 Å². The van der Waals surface area contributed by atoms with Crippen molar-refractivity contribution in [3.8, 4) is 0 Å². The van der Waals surface area contributed by atoms with E-state index in [4.69, 9.17) is 4.74 Å². The van der Waals surface area contributed by atoms with Crippen molar-refractivity contribution < 1.29 is 9.84 Å². The highest BCUT2D eigenvalue weighted by atomic mass is 16.5. The number of ether oxygens (including phenoxy) is 1. The van der Waals surface area contributed by atoms with Gasteiger partial charge >= 0.3 is 0 Å². The molecule has 0 amide bonds. The van der Waals surface area contributed by atoms with Crippen LogP contribution in [0, 0.1) is 5.92 Å². The first-order valence-electron chi connectivity index (χ1n) is 5.40. The molecule has 0 aromatic rings. The van der Waals surface area contributed by atoms with Crippen molar-refractivity contribution in [3.05, 3.63) is 12.7 Å². The van der Waals surface area contributed by atoms with Crippen LogP contribution in [-0.2, 0) is 4.74 Å². The Morgan fingerprint density at radius 3 is 3.00 bits per heavy atom. The molecular formula is C11H21NO2. The van der Waals surface area contributed by atoms with Crippen LogP contribution in [-0.4, -0.2) is 37.5 Å². The molecule has 1 saturated carbocycles. The van der Waals surface area contributed by atoms with Crippen LogP contribution in [0.3, 0.4) is 0 Å². The van der Waals surface area contributed by atoms with Gasteiger partial charge in [0.1, 0.15) is 0 Å². The van der Waals surface area contributed by atoms with Gasteiger partial charge in [0.05, 0.1) is 12.7 Å². The molecular weight excluding hydrogens is 178 g/mol.